The van der Waals surface area contributed by atoms with Crippen molar-refractivity contribution in [2.24, 2.45) is 0 Å². The third kappa shape index (κ3) is 5.59. The van der Waals surface area contributed by atoms with Gasteiger partial charge in [0.1, 0.15) is 19.0 Å². The second-order valence-electron chi connectivity index (χ2n) is 9.53. The Labute approximate surface area is 227 Å². The topological polar surface area (TPSA) is 120 Å². The van der Waals surface area contributed by atoms with Crippen LogP contribution >= 0.6 is 0 Å². The van der Waals surface area contributed by atoms with Gasteiger partial charge in [-0.25, -0.2) is 13.9 Å². The molecule has 1 fully saturated rings. The number of hydroxylamine groups is 1. The zero-order valence-corrected chi connectivity index (χ0v) is 22.2. The summed E-state index contributed by atoms with van der Waals surface area (Å²) in [5.74, 6) is 1.12. The van der Waals surface area contributed by atoms with Gasteiger partial charge in [-0.2, -0.15) is 0 Å². The largest absolute Gasteiger partial charge is 0.494 e. The molecule has 0 bridgehead atoms. The molecule has 1 saturated heterocycles. The molecule has 0 aromatic heterocycles. The van der Waals surface area contributed by atoms with E-state index in [1.165, 1.54) is 23.2 Å². The molecule has 0 saturated carbocycles. The average molecular weight is 554 g/mol. The summed E-state index contributed by atoms with van der Waals surface area (Å²) in [5.41, 5.74) is 4.86. The average Bonchev–Trinajstić information content (AvgIpc) is 2.99. The molecule has 0 aliphatic carbocycles. The lowest BCUT2D eigenvalue weighted by Gasteiger charge is -2.34. The zero-order valence-electron chi connectivity index (χ0n) is 21.4. The minimum atomic E-state index is -4.07. The van der Waals surface area contributed by atoms with Gasteiger partial charge in [0.05, 0.1) is 11.5 Å². The van der Waals surface area contributed by atoms with Crippen LogP contribution < -0.4 is 19.7 Å². The van der Waals surface area contributed by atoms with Gasteiger partial charge in [-0.05, 0) is 78.8 Å². The molecule has 0 spiro atoms. The van der Waals surface area contributed by atoms with Crippen molar-refractivity contribution in [3.8, 4) is 28.4 Å². The van der Waals surface area contributed by atoms with Crippen LogP contribution in [-0.4, -0.2) is 57.3 Å². The Morgan fingerprint density at radius 1 is 0.897 bits per heavy atom. The molecule has 2 aliphatic rings. The van der Waals surface area contributed by atoms with Gasteiger partial charge in [-0.15, -0.1) is 0 Å². The highest BCUT2D eigenvalue weighted by Gasteiger charge is 2.52. The summed E-state index contributed by atoms with van der Waals surface area (Å²) in [5, 5.41) is 9.19. The van der Waals surface area contributed by atoms with Crippen molar-refractivity contribution in [1.82, 2.24) is 5.48 Å². The van der Waals surface area contributed by atoms with Crippen LogP contribution in [0.4, 0.5) is 0 Å². The Hall–Kier alpha value is -3.60. The smallest absolute Gasteiger partial charge is 0.265 e. The summed E-state index contributed by atoms with van der Waals surface area (Å²) in [6.45, 7) is 1.80. The van der Waals surface area contributed by atoms with Crippen molar-refractivity contribution < 1.29 is 37.4 Å². The van der Waals surface area contributed by atoms with E-state index in [4.69, 9.17) is 18.9 Å². The van der Waals surface area contributed by atoms with E-state index < -0.39 is 20.5 Å². The van der Waals surface area contributed by atoms with Crippen LogP contribution in [0.3, 0.4) is 0 Å². The van der Waals surface area contributed by atoms with Crippen molar-refractivity contribution in [1.29, 1.82) is 0 Å². The second-order valence-corrected chi connectivity index (χ2v) is 11.8. The second kappa shape index (κ2) is 11.6. The first kappa shape index (κ1) is 27.0. The lowest BCUT2D eigenvalue weighted by molar-refractivity contribution is -0.134. The Bertz CT molecular complexity index is 1420. The van der Waals surface area contributed by atoms with Crippen LogP contribution in [0.2, 0.25) is 0 Å². The van der Waals surface area contributed by atoms with Gasteiger partial charge in [0.2, 0.25) is 0 Å². The number of nitrogens with one attached hydrogen (secondary N) is 1. The summed E-state index contributed by atoms with van der Waals surface area (Å²) in [7, 11) is -4.07. The third-order valence-corrected chi connectivity index (χ3v) is 9.66. The molecule has 2 N–H and O–H groups in total. The van der Waals surface area contributed by atoms with Crippen LogP contribution in [0.1, 0.15) is 24.8 Å². The highest BCUT2D eigenvalue weighted by atomic mass is 32.2. The summed E-state index contributed by atoms with van der Waals surface area (Å²) in [6.07, 6.45) is 1.52. The Balaban J connectivity index is 1.18. The molecular weight excluding hydrogens is 522 g/mol. The molecule has 206 valence electrons. The zero-order chi connectivity index (χ0) is 27.3. The Morgan fingerprint density at radius 3 is 2.36 bits per heavy atom. The van der Waals surface area contributed by atoms with E-state index in [0.29, 0.717) is 25.6 Å². The number of carbonyl (C=O) groups excluding carboxylic acids is 1. The number of aryl methyl sites for hydroxylation is 1. The lowest BCUT2D eigenvalue weighted by atomic mass is 9.98. The van der Waals surface area contributed by atoms with E-state index in [1.54, 1.807) is 12.1 Å². The predicted octanol–water partition coefficient (Wildman–Crippen LogP) is 3.96. The Morgan fingerprint density at radius 2 is 1.62 bits per heavy atom. The summed E-state index contributed by atoms with van der Waals surface area (Å²) in [4.78, 5) is 12.4. The molecule has 10 heteroatoms. The van der Waals surface area contributed by atoms with Gasteiger partial charge in [0, 0.05) is 13.2 Å². The van der Waals surface area contributed by atoms with Crippen molar-refractivity contribution in [2.75, 3.05) is 33.0 Å². The van der Waals surface area contributed by atoms with Gasteiger partial charge in [0.25, 0.3) is 5.91 Å². The maximum absolute atomic E-state index is 13.4. The number of ether oxygens (including phenoxy) is 4. The minimum Gasteiger partial charge on any atom is -0.494 e. The SMILES string of the molecule is O=C(NO)C1(S(=O)(=O)c2ccc(OCCCc3cccc(-c4ccc5c(c4)OCCO5)c3)cc2)CCOCC1. The first-order valence-electron chi connectivity index (χ1n) is 12.9. The molecule has 0 unspecified atom stereocenters. The highest BCUT2D eigenvalue weighted by Crippen LogP contribution is 2.36. The standard InChI is InChI=1S/C29H31NO8S/c31-28(30-32)29(12-15-35-16-13-29)39(33,34)25-9-7-24(8-10-25)36-14-2-4-21-3-1-5-22(19-21)23-6-11-26-27(20-23)38-18-17-37-26/h1,3,5-11,19-20,32H,2,4,12-18H2,(H,30,31). The van der Waals surface area contributed by atoms with Crippen LogP contribution in [0.5, 0.6) is 17.2 Å². The number of amides is 1. The highest BCUT2D eigenvalue weighted by molar-refractivity contribution is 7.93. The summed E-state index contributed by atoms with van der Waals surface area (Å²) >= 11 is 0. The molecule has 9 nitrogen and oxygen atoms in total. The van der Waals surface area contributed by atoms with Gasteiger partial charge in [0.15, 0.2) is 26.1 Å². The van der Waals surface area contributed by atoms with Crippen molar-refractivity contribution in [3.05, 3.63) is 72.3 Å². The quantitative estimate of drug-likeness (QED) is 0.232. The van der Waals surface area contributed by atoms with E-state index in [1.807, 2.05) is 24.3 Å². The van der Waals surface area contributed by atoms with Crippen LogP contribution in [-0.2, 0) is 25.8 Å². The molecule has 2 aliphatic heterocycles. The monoisotopic (exact) mass is 553 g/mol. The van der Waals surface area contributed by atoms with Gasteiger partial charge in [-0.1, -0.05) is 30.3 Å². The predicted molar refractivity (Wildman–Crippen MR) is 143 cm³/mol. The van der Waals surface area contributed by atoms with Crippen molar-refractivity contribution in [3.63, 3.8) is 0 Å². The molecule has 0 atom stereocenters. The number of hydrogen-bond acceptors (Lipinski definition) is 8. The van der Waals surface area contributed by atoms with E-state index in [-0.39, 0.29) is 31.0 Å². The van der Waals surface area contributed by atoms with Crippen LogP contribution in [0.15, 0.2) is 71.6 Å². The number of rotatable bonds is 9. The number of sulfone groups is 1. The number of carbonyl (C=O) groups is 1. The summed E-state index contributed by atoms with van der Waals surface area (Å²) in [6, 6.07) is 20.3. The molecule has 3 aromatic carbocycles. The fourth-order valence-corrected chi connectivity index (χ4v) is 6.90. The molecular formula is C29H31NO8S. The normalized spacial score (nSPS) is 16.3. The van der Waals surface area contributed by atoms with E-state index in [9.17, 15) is 18.4 Å². The van der Waals surface area contributed by atoms with Gasteiger partial charge < -0.3 is 18.9 Å². The van der Waals surface area contributed by atoms with Crippen LogP contribution in [0, 0.1) is 0 Å². The van der Waals surface area contributed by atoms with Crippen LogP contribution in [0.25, 0.3) is 11.1 Å². The number of fused-ring (bicyclic) bond motifs is 1. The fraction of sp³-hybridized carbons (Fsp3) is 0.345. The maximum atomic E-state index is 13.4. The Kier molecular flexibility index (Phi) is 8.06. The molecule has 0 radical (unpaired) electrons. The molecule has 39 heavy (non-hydrogen) atoms. The molecule has 5 rings (SSSR count). The summed E-state index contributed by atoms with van der Waals surface area (Å²) < 4.78 is 47.4. The molecule has 1 amide bonds. The number of benzene rings is 3. The van der Waals surface area contributed by atoms with Crippen molar-refractivity contribution in [2.45, 2.75) is 35.3 Å². The third-order valence-electron chi connectivity index (χ3n) is 7.15. The van der Waals surface area contributed by atoms with E-state index >= 15 is 0 Å². The number of hydrogen-bond donors (Lipinski definition) is 2. The van der Waals surface area contributed by atoms with E-state index in [2.05, 4.69) is 18.2 Å². The lowest BCUT2D eigenvalue weighted by Crippen LogP contribution is -2.54. The molecule has 2 heterocycles. The van der Waals surface area contributed by atoms with Gasteiger partial charge in [-0.3, -0.25) is 10.0 Å². The van der Waals surface area contributed by atoms with E-state index in [0.717, 1.165) is 35.5 Å². The molecule has 3 aromatic rings. The first-order chi connectivity index (χ1) is 18.9. The minimum absolute atomic E-state index is 0.00342. The maximum Gasteiger partial charge on any atom is 0.265 e. The first-order valence-corrected chi connectivity index (χ1v) is 14.4. The fourth-order valence-electron chi connectivity index (χ4n) is 4.96. The van der Waals surface area contributed by atoms with Gasteiger partial charge >= 0.3 is 0 Å². The van der Waals surface area contributed by atoms with Crippen molar-refractivity contribution >= 4 is 15.7 Å².